The van der Waals surface area contributed by atoms with Crippen molar-refractivity contribution < 1.29 is 8.42 Å². The summed E-state index contributed by atoms with van der Waals surface area (Å²) in [7, 11) is -1.32. The summed E-state index contributed by atoms with van der Waals surface area (Å²) in [4.78, 5) is 0. The maximum atomic E-state index is 11.5. The Morgan fingerprint density at radius 3 is 2.82 bits per heavy atom. The number of nitrogens with one attached hydrogen (secondary N) is 1. The molecule has 0 unspecified atom stereocenters. The molecule has 0 aromatic carbocycles. The molecular weight excluding hydrogens is 240 g/mol. The molecule has 0 atom stereocenters. The largest absolute Gasteiger partial charge is 0.330 e. The minimum Gasteiger partial charge on any atom is -0.330 e. The third kappa shape index (κ3) is 5.81. The van der Waals surface area contributed by atoms with Crippen molar-refractivity contribution in [2.75, 3.05) is 18.8 Å². The summed E-state index contributed by atoms with van der Waals surface area (Å²) in [6, 6.07) is 0. The number of aryl methyl sites for hydroxylation is 1. The molecule has 3 N–H and O–H groups in total. The third-order valence-corrected chi connectivity index (χ3v) is 3.83. The van der Waals surface area contributed by atoms with Crippen LogP contribution in [0.5, 0.6) is 0 Å². The molecule has 0 aliphatic heterocycles. The summed E-state index contributed by atoms with van der Waals surface area (Å²) in [6.07, 6.45) is 5.62. The summed E-state index contributed by atoms with van der Waals surface area (Å²) < 4.78 is 27.3. The van der Waals surface area contributed by atoms with Crippen LogP contribution in [0.3, 0.4) is 0 Å². The van der Waals surface area contributed by atoms with E-state index in [-0.39, 0.29) is 5.75 Å². The first-order valence-corrected chi connectivity index (χ1v) is 7.33. The minimum atomic E-state index is -3.15. The fourth-order valence-corrected chi connectivity index (χ4v) is 2.60. The van der Waals surface area contributed by atoms with Crippen molar-refractivity contribution in [1.82, 2.24) is 14.5 Å². The van der Waals surface area contributed by atoms with Crippen molar-refractivity contribution in [3.63, 3.8) is 0 Å². The van der Waals surface area contributed by atoms with Crippen LogP contribution in [-0.2, 0) is 23.5 Å². The highest BCUT2D eigenvalue weighted by atomic mass is 32.2. The van der Waals surface area contributed by atoms with Gasteiger partial charge >= 0.3 is 0 Å². The van der Waals surface area contributed by atoms with E-state index in [0.29, 0.717) is 25.9 Å². The Hall–Kier alpha value is -0.920. The molecule has 0 aliphatic carbocycles. The molecule has 1 aromatic rings. The Labute approximate surface area is 102 Å². The van der Waals surface area contributed by atoms with E-state index in [0.717, 1.165) is 12.0 Å². The molecule has 0 spiro atoms. The number of hydrogen-bond acceptors (Lipinski definition) is 4. The Bertz CT molecular complexity index is 427. The molecule has 0 saturated carbocycles. The van der Waals surface area contributed by atoms with Crippen LogP contribution >= 0.6 is 0 Å². The maximum absolute atomic E-state index is 11.5. The van der Waals surface area contributed by atoms with Gasteiger partial charge in [0.05, 0.1) is 11.9 Å². The van der Waals surface area contributed by atoms with Gasteiger partial charge in [-0.2, -0.15) is 5.10 Å². The average molecular weight is 260 g/mol. The van der Waals surface area contributed by atoms with E-state index in [1.165, 1.54) is 0 Å². The number of aromatic nitrogens is 2. The summed E-state index contributed by atoms with van der Waals surface area (Å²) in [5.41, 5.74) is 6.34. The number of rotatable bonds is 8. The normalized spacial score (nSPS) is 11.9. The standard InChI is InChI=1S/C10H20N4O2S/c1-14-9-10(8-12-14)4-6-13-17(15,16)7-3-2-5-11/h8-9,13H,2-7,11H2,1H3. The first kappa shape index (κ1) is 14.1. The molecule has 0 bridgehead atoms. The second-order valence-corrected chi connectivity index (χ2v) is 5.91. The molecule has 7 heteroatoms. The Morgan fingerprint density at radius 2 is 2.24 bits per heavy atom. The van der Waals surface area contributed by atoms with Crippen molar-refractivity contribution >= 4 is 10.0 Å². The van der Waals surface area contributed by atoms with Gasteiger partial charge < -0.3 is 5.73 Å². The highest BCUT2D eigenvalue weighted by Crippen LogP contribution is 1.98. The van der Waals surface area contributed by atoms with Crippen LogP contribution in [0.15, 0.2) is 12.4 Å². The van der Waals surface area contributed by atoms with Crippen molar-refractivity contribution in [2.24, 2.45) is 12.8 Å². The smallest absolute Gasteiger partial charge is 0.211 e. The van der Waals surface area contributed by atoms with E-state index in [4.69, 9.17) is 5.73 Å². The molecule has 1 heterocycles. The Morgan fingerprint density at radius 1 is 1.47 bits per heavy atom. The molecule has 17 heavy (non-hydrogen) atoms. The lowest BCUT2D eigenvalue weighted by Crippen LogP contribution is -2.28. The monoisotopic (exact) mass is 260 g/mol. The highest BCUT2D eigenvalue weighted by Gasteiger charge is 2.08. The molecule has 1 aromatic heterocycles. The van der Waals surface area contributed by atoms with Gasteiger partial charge in [-0.3, -0.25) is 4.68 Å². The van der Waals surface area contributed by atoms with E-state index in [2.05, 4.69) is 9.82 Å². The van der Waals surface area contributed by atoms with E-state index in [1.54, 1.807) is 10.9 Å². The highest BCUT2D eigenvalue weighted by molar-refractivity contribution is 7.89. The molecule has 0 fully saturated rings. The van der Waals surface area contributed by atoms with Gasteiger partial charge in [-0.15, -0.1) is 0 Å². The lowest BCUT2D eigenvalue weighted by atomic mass is 10.3. The van der Waals surface area contributed by atoms with Gasteiger partial charge in [-0.05, 0) is 31.4 Å². The van der Waals surface area contributed by atoms with E-state index in [9.17, 15) is 8.42 Å². The van der Waals surface area contributed by atoms with Gasteiger partial charge in [-0.1, -0.05) is 0 Å². The van der Waals surface area contributed by atoms with E-state index in [1.807, 2.05) is 13.2 Å². The quantitative estimate of drug-likeness (QED) is 0.624. The SMILES string of the molecule is Cn1cc(CCNS(=O)(=O)CCCCN)cn1. The molecule has 98 valence electrons. The summed E-state index contributed by atoms with van der Waals surface area (Å²) in [5, 5.41) is 4.02. The molecule has 6 nitrogen and oxygen atoms in total. The summed E-state index contributed by atoms with van der Waals surface area (Å²) in [5.74, 6) is 0.150. The molecule has 0 amide bonds. The van der Waals surface area contributed by atoms with Gasteiger partial charge in [0.25, 0.3) is 0 Å². The van der Waals surface area contributed by atoms with Crippen molar-refractivity contribution in [2.45, 2.75) is 19.3 Å². The predicted molar refractivity (Wildman–Crippen MR) is 67.0 cm³/mol. The second-order valence-electron chi connectivity index (χ2n) is 3.98. The first-order valence-electron chi connectivity index (χ1n) is 5.68. The fourth-order valence-electron chi connectivity index (χ4n) is 1.46. The zero-order valence-corrected chi connectivity index (χ0v) is 10.9. The van der Waals surface area contributed by atoms with Gasteiger partial charge in [0.1, 0.15) is 0 Å². The van der Waals surface area contributed by atoms with Crippen LogP contribution in [-0.4, -0.2) is 37.0 Å². The minimum absolute atomic E-state index is 0.150. The second kappa shape index (κ2) is 6.73. The zero-order chi connectivity index (χ0) is 12.7. The third-order valence-electron chi connectivity index (χ3n) is 2.36. The Balaban J connectivity index is 2.25. The maximum Gasteiger partial charge on any atom is 0.211 e. The Kier molecular flexibility index (Phi) is 5.60. The van der Waals surface area contributed by atoms with Crippen LogP contribution in [0.1, 0.15) is 18.4 Å². The van der Waals surface area contributed by atoms with Crippen molar-refractivity contribution in [3.05, 3.63) is 18.0 Å². The van der Waals surface area contributed by atoms with Crippen LogP contribution in [0.4, 0.5) is 0 Å². The molecule has 0 saturated heterocycles. The lowest BCUT2D eigenvalue weighted by Gasteiger charge is -2.05. The topological polar surface area (TPSA) is 90.0 Å². The number of nitrogens with zero attached hydrogens (tertiary/aromatic N) is 2. The van der Waals surface area contributed by atoms with Crippen LogP contribution in [0.2, 0.25) is 0 Å². The van der Waals surface area contributed by atoms with Gasteiger partial charge in [-0.25, -0.2) is 13.1 Å². The number of sulfonamides is 1. The summed E-state index contributed by atoms with van der Waals surface area (Å²) >= 11 is 0. The zero-order valence-electron chi connectivity index (χ0n) is 10.1. The lowest BCUT2D eigenvalue weighted by molar-refractivity contribution is 0.577. The first-order chi connectivity index (χ1) is 8.03. The molecular formula is C10H20N4O2S. The molecule has 1 rings (SSSR count). The number of hydrogen-bond donors (Lipinski definition) is 2. The van der Waals surface area contributed by atoms with Crippen molar-refractivity contribution in [3.8, 4) is 0 Å². The van der Waals surface area contributed by atoms with Gasteiger partial charge in [0.15, 0.2) is 0 Å². The predicted octanol–water partition coefficient (Wildman–Crippen LogP) is -0.379. The fraction of sp³-hybridized carbons (Fsp3) is 0.700. The van der Waals surface area contributed by atoms with Gasteiger partial charge in [0, 0.05) is 19.8 Å². The number of unbranched alkanes of at least 4 members (excludes halogenated alkanes) is 1. The van der Waals surface area contributed by atoms with E-state index >= 15 is 0 Å². The van der Waals surface area contributed by atoms with Crippen molar-refractivity contribution in [1.29, 1.82) is 0 Å². The number of nitrogens with two attached hydrogens (primary N) is 1. The van der Waals surface area contributed by atoms with Crippen LogP contribution < -0.4 is 10.5 Å². The average Bonchev–Trinajstić information content (AvgIpc) is 2.64. The molecule has 0 radical (unpaired) electrons. The molecule has 0 aliphatic rings. The van der Waals surface area contributed by atoms with Crippen LogP contribution in [0, 0.1) is 0 Å². The van der Waals surface area contributed by atoms with Gasteiger partial charge in [0.2, 0.25) is 10.0 Å². The summed E-state index contributed by atoms with van der Waals surface area (Å²) in [6.45, 7) is 0.946. The van der Waals surface area contributed by atoms with E-state index < -0.39 is 10.0 Å². The van der Waals surface area contributed by atoms with Crippen LogP contribution in [0.25, 0.3) is 0 Å².